The Bertz CT molecular complexity index is 1180. The van der Waals surface area contributed by atoms with Crippen molar-refractivity contribution in [2.24, 2.45) is 12.5 Å². The highest BCUT2D eigenvalue weighted by Gasteiger charge is 2.51. The van der Waals surface area contributed by atoms with Gasteiger partial charge in [-0.15, -0.1) is 0 Å². The van der Waals surface area contributed by atoms with Crippen LogP contribution in [0.15, 0.2) is 29.3 Å². The van der Waals surface area contributed by atoms with E-state index in [0.717, 1.165) is 17.7 Å². The Labute approximate surface area is 208 Å². The average molecular weight is 503 g/mol. The highest BCUT2D eigenvalue weighted by atomic mass is 32.2. The summed E-state index contributed by atoms with van der Waals surface area (Å²) < 4.78 is 31.0. The largest absolute Gasteiger partial charge is 0.489 e. The Morgan fingerprint density at radius 2 is 2.11 bits per heavy atom. The van der Waals surface area contributed by atoms with Gasteiger partial charge in [-0.3, -0.25) is 14.3 Å². The van der Waals surface area contributed by atoms with Crippen molar-refractivity contribution in [3.63, 3.8) is 0 Å². The zero-order valence-electron chi connectivity index (χ0n) is 20.4. The lowest BCUT2D eigenvalue weighted by atomic mass is 9.87. The number of ether oxygens (including phenoxy) is 2. The van der Waals surface area contributed by atoms with Crippen LogP contribution in [0, 0.1) is 18.2 Å². The summed E-state index contributed by atoms with van der Waals surface area (Å²) in [6.07, 6.45) is 3.48. The van der Waals surface area contributed by atoms with Crippen molar-refractivity contribution in [1.29, 1.82) is 0 Å². The first-order valence-corrected chi connectivity index (χ1v) is 12.7. The van der Waals surface area contributed by atoms with E-state index in [4.69, 9.17) is 9.47 Å². The topological polar surface area (TPSA) is 84.8 Å². The normalized spacial score (nSPS) is 28.0. The van der Waals surface area contributed by atoms with E-state index in [-0.39, 0.29) is 29.1 Å². The Balaban J connectivity index is 1.35. The van der Waals surface area contributed by atoms with Crippen LogP contribution in [0.3, 0.4) is 0 Å². The van der Waals surface area contributed by atoms with E-state index in [9.17, 15) is 14.0 Å². The van der Waals surface area contributed by atoms with Crippen molar-refractivity contribution in [3.8, 4) is 5.75 Å². The van der Waals surface area contributed by atoms with Crippen molar-refractivity contribution in [2.45, 2.75) is 50.2 Å². The molecule has 3 aliphatic heterocycles. The molecule has 5 rings (SSSR count). The molecule has 0 radical (unpaired) electrons. The maximum Gasteiger partial charge on any atom is 0.276 e. The Morgan fingerprint density at radius 3 is 2.83 bits per heavy atom. The van der Waals surface area contributed by atoms with Gasteiger partial charge >= 0.3 is 0 Å². The van der Waals surface area contributed by atoms with Gasteiger partial charge in [0.05, 0.1) is 11.5 Å². The predicted molar refractivity (Wildman–Crippen MR) is 131 cm³/mol. The molecule has 2 saturated heterocycles. The third-order valence-electron chi connectivity index (χ3n) is 7.35. The quantitative estimate of drug-likeness (QED) is 0.625. The van der Waals surface area contributed by atoms with E-state index in [1.165, 1.54) is 24.1 Å². The van der Waals surface area contributed by atoms with Gasteiger partial charge in [-0.2, -0.15) is 0 Å². The van der Waals surface area contributed by atoms with Gasteiger partial charge in [0.25, 0.3) is 11.8 Å². The minimum Gasteiger partial charge on any atom is -0.489 e. The van der Waals surface area contributed by atoms with Crippen LogP contribution in [0.2, 0.25) is 0 Å². The monoisotopic (exact) mass is 502 g/mol. The van der Waals surface area contributed by atoms with Crippen molar-refractivity contribution >= 4 is 29.4 Å². The zero-order valence-corrected chi connectivity index (χ0v) is 21.3. The number of amides is 2. The fourth-order valence-electron chi connectivity index (χ4n) is 5.15. The lowest BCUT2D eigenvalue weighted by Crippen LogP contribution is -2.46. The summed E-state index contributed by atoms with van der Waals surface area (Å²) in [5.74, 6) is -0.130. The predicted octanol–water partition coefficient (Wildman–Crippen LogP) is 3.50. The number of anilines is 1. The number of nitrogens with one attached hydrogen (secondary N) is 2. The summed E-state index contributed by atoms with van der Waals surface area (Å²) in [7, 11) is 1.80. The molecule has 2 amide bonds. The van der Waals surface area contributed by atoms with Gasteiger partial charge in [-0.05, 0) is 62.4 Å². The minimum absolute atomic E-state index is 0.0225. The lowest BCUT2D eigenvalue weighted by Gasteiger charge is -2.32. The standard InChI is InChI=1S/C25H31FN4O4S/c1-15-10-16(6-7-17(15)26)27-22(31)20-21-18(11-29(20)4)35-28-19-12-30(13-24(19,2)14-33-21)23(32)25(3)8-5-9-34-25/h6-7,10-11,19,28H,5,8-9,12-14H2,1-4H3,(H,27,31). The summed E-state index contributed by atoms with van der Waals surface area (Å²) in [6, 6.07) is 4.49. The number of fused-ring (bicyclic) bond motifs is 2. The van der Waals surface area contributed by atoms with E-state index in [2.05, 4.69) is 17.0 Å². The fourth-order valence-corrected chi connectivity index (χ4v) is 6.24. The van der Waals surface area contributed by atoms with Gasteiger partial charge in [-0.25, -0.2) is 4.39 Å². The van der Waals surface area contributed by atoms with Crippen molar-refractivity contribution in [2.75, 3.05) is 31.6 Å². The SMILES string of the molecule is Cc1cc(NC(=O)c2c3c(cn2C)SNC2CN(C(=O)C4(C)CCCO4)CC2(C)CO3)ccc1F. The lowest BCUT2D eigenvalue weighted by molar-refractivity contribution is -0.150. The molecule has 3 aliphatic rings. The molecule has 0 saturated carbocycles. The maximum atomic E-state index is 13.6. The van der Waals surface area contributed by atoms with Gasteiger partial charge in [0.2, 0.25) is 0 Å². The number of hydrogen-bond acceptors (Lipinski definition) is 6. The van der Waals surface area contributed by atoms with Gasteiger partial charge in [0.15, 0.2) is 11.4 Å². The molecule has 3 atom stereocenters. The van der Waals surface area contributed by atoms with Crippen LogP contribution in [-0.2, 0) is 16.6 Å². The number of nitrogens with zero attached hydrogens (tertiary/aromatic N) is 2. The number of aromatic nitrogens is 1. The van der Waals surface area contributed by atoms with E-state index in [1.54, 1.807) is 24.6 Å². The summed E-state index contributed by atoms with van der Waals surface area (Å²) in [6.45, 7) is 7.72. The first kappa shape index (κ1) is 24.1. The average Bonchev–Trinajstić information content (AvgIpc) is 3.48. The molecule has 8 nitrogen and oxygen atoms in total. The first-order chi connectivity index (χ1) is 16.6. The number of hydrogen-bond donors (Lipinski definition) is 2. The fraction of sp³-hybridized carbons (Fsp3) is 0.520. The second-order valence-corrected chi connectivity index (χ2v) is 11.2. The number of carbonyl (C=O) groups excluding carboxylic acids is 2. The Kier molecular flexibility index (Phi) is 6.09. The number of rotatable bonds is 3. The van der Waals surface area contributed by atoms with Crippen LogP contribution in [-0.4, -0.2) is 59.2 Å². The van der Waals surface area contributed by atoms with Crippen molar-refractivity contribution in [1.82, 2.24) is 14.2 Å². The smallest absolute Gasteiger partial charge is 0.276 e. The molecule has 0 bridgehead atoms. The van der Waals surface area contributed by atoms with Gasteiger partial charge < -0.3 is 24.3 Å². The van der Waals surface area contributed by atoms with E-state index < -0.39 is 5.60 Å². The molecule has 0 spiro atoms. The molecular formula is C25H31FN4O4S. The zero-order chi connectivity index (χ0) is 25.0. The molecule has 35 heavy (non-hydrogen) atoms. The van der Waals surface area contributed by atoms with Crippen molar-refractivity contribution < 1.29 is 23.5 Å². The van der Waals surface area contributed by atoms with Crippen LogP contribution in [0.4, 0.5) is 10.1 Å². The number of benzene rings is 1. The molecule has 0 aliphatic carbocycles. The molecule has 2 aromatic rings. The van der Waals surface area contributed by atoms with Gasteiger partial charge in [0, 0.05) is 50.1 Å². The molecule has 1 aromatic heterocycles. The molecule has 1 aromatic carbocycles. The second kappa shape index (κ2) is 8.83. The van der Waals surface area contributed by atoms with Crippen LogP contribution in [0.25, 0.3) is 0 Å². The van der Waals surface area contributed by atoms with E-state index >= 15 is 0 Å². The molecule has 10 heteroatoms. The third kappa shape index (κ3) is 4.32. The van der Waals surface area contributed by atoms with Crippen LogP contribution >= 0.6 is 11.9 Å². The molecule has 188 valence electrons. The Morgan fingerprint density at radius 1 is 1.31 bits per heavy atom. The molecule has 2 fully saturated rings. The molecule has 3 unspecified atom stereocenters. The second-order valence-electron chi connectivity index (χ2n) is 10.3. The number of likely N-dealkylation sites (tertiary alicyclic amines) is 1. The highest BCUT2D eigenvalue weighted by molar-refractivity contribution is 7.97. The molecular weight excluding hydrogens is 471 g/mol. The first-order valence-electron chi connectivity index (χ1n) is 11.8. The third-order valence-corrected chi connectivity index (χ3v) is 8.26. The summed E-state index contributed by atoms with van der Waals surface area (Å²) in [4.78, 5) is 29.1. The Hall–Kier alpha value is -2.56. The van der Waals surface area contributed by atoms with E-state index in [0.29, 0.717) is 49.0 Å². The number of aryl methyl sites for hydroxylation is 2. The summed E-state index contributed by atoms with van der Waals surface area (Å²) in [5, 5.41) is 2.85. The minimum atomic E-state index is -0.752. The molecule has 2 N–H and O–H groups in total. The number of carbonyl (C=O) groups is 2. The van der Waals surface area contributed by atoms with Crippen molar-refractivity contribution in [3.05, 3.63) is 41.5 Å². The van der Waals surface area contributed by atoms with Crippen LogP contribution in [0.5, 0.6) is 5.75 Å². The number of halogens is 1. The van der Waals surface area contributed by atoms with Gasteiger partial charge in [0.1, 0.15) is 11.4 Å². The van der Waals surface area contributed by atoms with Crippen LogP contribution in [0.1, 0.15) is 42.7 Å². The van der Waals surface area contributed by atoms with Crippen LogP contribution < -0.4 is 14.8 Å². The maximum absolute atomic E-state index is 13.6. The molecule has 4 heterocycles. The van der Waals surface area contributed by atoms with E-state index in [1.807, 2.05) is 18.0 Å². The van der Waals surface area contributed by atoms with Gasteiger partial charge in [-0.1, -0.05) is 6.92 Å². The summed E-state index contributed by atoms with van der Waals surface area (Å²) in [5.41, 5.74) is 0.263. The summed E-state index contributed by atoms with van der Waals surface area (Å²) >= 11 is 1.41. The highest BCUT2D eigenvalue weighted by Crippen LogP contribution is 2.42.